The van der Waals surface area contributed by atoms with Crippen molar-refractivity contribution in [1.82, 2.24) is 10.1 Å². The van der Waals surface area contributed by atoms with Crippen molar-refractivity contribution < 1.29 is 14.1 Å². The Balaban J connectivity index is 1.66. The van der Waals surface area contributed by atoms with Crippen molar-refractivity contribution in [3.63, 3.8) is 0 Å². The standard InChI is InChI=1S/C20H21N3O3/c1-12-9-10-16(11-14(12)3)25-15(4)18(24)21-20-22-19(26-23-20)17-8-6-5-7-13(17)2/h5-11,15H,1-4H3,(H,21,23,24)/t15-/m0/s1. The fourth-order valence-electron chi connectivity index (χ4n) is 2.45. The summed E-state index contributed by atoms with van der Waals surface area (Å²) in [7, 11) is 0. The number of nitrogens with zero attached hydrogens (tertiary/aromatic N) is 2. The summed E-state index contributed by atoms with van der Waals surface area (Å²) in [4.78, 5) is 16.6. The summed E-state index contributed by atoms with van der Waals surface area (Å²) in [6, 6.07) is 13.4. The van der Waals surface area contributed by atoms with E-state index in [9.17, 15) is 4.79 Å². The maximum atomic E-state index is 12.3. The largest absolute Gasteiger partial charge is 0.481 e. The number of carbonyl (C=O) groups is 1. The summed E-state index contributed by atoms with van der Waals surface area (Å²) < 4.78 is 10.9. The van der Waals surface area contributed by atoms with Gasteiger partial charge >= 0.3 is 0 Å². The molecule has 0 aliphatic heterocycles. The van der Waals surface area contributed by atoms with Gasteiger partial charge in [0, 0.05) is 5.56 Å². The molecule has 6 nitrogen and oxygen atoms in total. The van der Waals surface area contributed by atoms with Gasteiger partial charge in [-0.2, -0.15) is 4.98 Å². The molecule has 3 rings (SSSR count). The number of anilines is 1. The average molecular weight is 351 g/mol. The van der Waals surface area contributed by atoms with Gasteiger partial charge in [0.05, 0.1) is 0 Å². The van der Waals surface area contributed by atoms with Crippen LogP contribution in [0, 0.1) is 20.8 Å². The summed E-state index contributed by atoms with van der Waals surface area (Å²) in [6.07, 6.45) is -0.697. The van der Waals surface area contributed by atoms with E-state index in [-0.39, 0.29) is 11.9 Å². The molecule has 6 heteroatoms. The van der Waals surface area contributed by atoms with Crippen molar-refractivity contribution in [2.75, 3.05) is 5.32 Å². The lowest BCUT2D eigenvalue weighted by molar-refractivity contribution is -0.122. The average Bonchev–Trinajstić information content (AvgIpc) is 3.06. The van der Waals surface area contributed by atoms with Gasteiger partial charge in [-0.15, -0.1) is 0 Å². The molecule has 0 spiro atoms. The van der Waals surface area contributed by atoms with Crippen LogP contribution in [0.5, 0.6) is 5.75 Å². The molecule has 0 bridgehead atoms. The first kappa shape index (κ1) is 17.7. The Kier molecular flexibility index (Phi) is 5.02. The second-order valence-corrected chi connectivity index (χ2v) is 6.23. The van der Waals surface area contributed by atoms with E-state index >= 15 is 0 Å². The minimum absolute atomic E-state index is 0.115. The molecular formula is C20H21N3O3. The Morgan fingerprint density at radius 2 is 1.85 bits per heavy atom. The minimum atomic E-state index is -0.697. The number of rotatable bonds is 5. The van der Waals surface area contributed by atoms with Crippen LogP contribution in [0.1, 0.15) is 23.6 Å². The summed E-state index contributed by atoms with van der Waals surface area (Å²) in [5.74, 6) is 0.773. The predicted molar refractivity (Wildman–Crippen MR) is 99.1 cm³/mol. The number of hydrogen-bond acceptors (Lipinski definition) is 5. The highest BCUT2D eigenvalue weighted by atomic mass is 16.5. The van der Waals surface area contributed by atoms with E-state index in [0.29, 0.717) is 11.6 Å². The van der Waals surface area contributed by atoms with Crippen molar-refractivity contribution in [2.45, 2.75) is 33.8 Å². The molecule has 1 aromatic heterocycles. The zero-order valence-electron chi connectivity index (χ0n) is 15.2. The van der Waals surface area contributed by atoms with Gasteiger partial charge in [0.25, 0.3) is 17.7 Å². The number of amides is 1. The van der Waals surface area contributed by atoms with Gasteiger partial charge in [-0.1, -0.05) is 24.3 Å². The summed E-state index contributed by atoms with van der Waals surface area (Å²) in [5.41, 5.74) is 4.13. The van der Waals surface area contributed by atoms with E-state index in [4.69, 9.17) is 9.26 Å². The van der Waals surface area contributed by atoms with Gasteiger partial charge in [-0.3, -0.25) is 10.1 Å². The zero-order valence-corrected chi connectivity index (χ0v) is 15.2. The van der Waals surface area contributed by atoms with Crippen molar-refractivity contribution in [3.05, 3.63) is 59.2 Å². The third-order valence-electron chi connectivity index (χ3n) is 4.20. The molecule has 1 N–H and O–H groups in total. The second kappa shape index (κ2) is 7.39. The lowest BCUT2D eigenvalue weighted by atomic mass is 10.1. The van der Waals surface area contributed by atoms with Gasteiger partial charge in [-0.25, -0.2) is 0 Å². The fraction of sp³-hybridized carbons (Fsp3) is 0.250. The molecule has 0 aliphatic carbocycles. The maximum absolute atomic E-state index is 12.3. The highest BCUT2D eigenvalue weighted by molar-refractivity contribution is 5.92. The van der Waals surface area contributed by atoms with Crippen molar-refractivity contribution >= 4 is 11.9 Å². The molecule has 1 heterocycles. The molecule has 3 aromatic rings. The van der Waals surface area contributed by atoms with Crippen LogP contribution in [-0.2, 0) is 4.79 Å². The molecule has 0 saturated heterocycles. The number of aryl methyl sites for hydroxylation is 3. The topological polar surface area (TPSA) is 77.2 Å². The van der Waals surface area contributed by atoms with Crippen LogP contribution in [0.4, 0.5) is 5.95 Å². The third-order valence-corrected chi connectivity index (χ3v) is 4.20. The molecule has 26 heavy (non-hydrogen) atoms. The molecule has 134 valence electrons. The molecule has 0 radical (unpaired) electrons. The Morgan fingerprint density at radius 3 is 2.58 bits per heavy atom. The fourth-order valence-corrected chi connectivity index (χ4v) is 2.45. The molecule has 0 unspecified atom stereocenters. The van der Waals surface area contributed by atoms with Crippen LogP contribution in [0.15, 0.2) is 47.0 Å². The molecular weight excluding hydrogens is 330 g/mol. The van der Waals surface area contributed by atoms with Gasteiger partial charge in [-0.05, 0) is 67.7 Å². The second-order valence-electron chi connectivity index (χ2n) is 6.23. The zero-order chi connectivity index (χ0) is 18.7. The van der Waals surface area contributed by atoms with E-state index in [2.05, 4.69) is 15.5 Å². The number of hydrogen-bond donors (Lipinski definition) is 1. The Hall–Kier alpha value is -3.15. The first-order valence-corrected chi connectivity index (χ1v) is 8.38. The SMILES string of the molecule is Cc1ccc(O[C@@H](C)C(=O)Nc2noc(-c3ccccc3C)n2)cc1C. The quantitative estimate of drug-likeness (QED) is 0.750. The van der Waals surface area contributed by atoms with E-state index in [1.165, 1.54) is 5.56 Å². The first-order valence-electron chi connectivity index (χ1n) is 8.38. The molecule has 0 fully saturated rings. The molecule has 1 atom stereocenters. The van der Waals surface area contributed by atoms with Crippen LogP contribution < -0.4 is 10.1 Å². The van der Waals surface area contributed by atoms with Gasteiger partial charge in [0.1, 0.15) is 5.75 Å². The van der Waals surface area contributed by atoms with Crippen molar-refractivity contribution in [3.8, 4) is 17.2 Å². The summed E-state index contributed by atoms with van der Waals surface area (Å²) in [6.45, 7) is 7.65. The van der Waals surface area contributed by atoms with Gasteiger partial charge < -0.3 is 9.26 Å². The van der Waals surface area contributed by atoms with Crippen LogP contribution in [0.25, 0.3) is 11.5 Å². The third kappa shape index (κ3) is 3.91. The summed E-state index contributed by atoms with van der Waals surface area (Å²) in [5, 5.41) is 6.43. The monoisotopic (exact) mass is 351 g/mol. The lowest BCUT2D eigenvalue weighted by Crippen LogP contribution is -2.30. The van der Waals surface area contributed by atoms with E-state index in [0.717, 1.165) is 16.7 Å². The highest BCUT2D eigenvalue weighted by Gasteiger charge is 2.18. The normalized spacial score (nSPS) is 11.8. The van der Waals surface area contributed by atoms with Crippen molar-refractivity contribution in [2.24, 2.45) is 0 Å². The summed E-state index contributed by atoms with van der Waals surface area (Å²) >= 11 is 0. The van der Waals surface area contributed by atoms with E-state index in [1.807, 2.05) is 63.2 Å². The Morgan fingerprint density at radius 1 is 1.08 bits per heavy atom. The van der Waals surface area contributed by atoms with Crippen LogP contribution in [-0.4, -0.2) is 22.2 Å². The Labute approximate surface area is 152 Å². The maximum Gasteiger partial charge on any atom is 0.270 e. The highest BCUT2D eigenvalue weighted by Crippen LogP contribution is 2.22. The molecule has 0 saturated carbocycles. The number of carbonyl (C=O) groups excluding carboxylic acids is 1. The molecule has 0 aliphatic rings. The van der Waals surface area contributed by atoms with Crippen molar-refractivity contribution in [1.29, 1.82) is 0 Å². The smallest absolute Gasteiger partial charge is 0.270 e. The predicted octanol–water partition coefficient (Wildman–Crippen LogP) is 4.07. The van der Waals surface area contributed by atoms with Gasteiger partial charge in [0.15, 0.2) is 6.10 Å². The molecule has 1 amide bonds. The number of ether oxygens (including phenoxy) is 1. The number of nitrogens with one attached hydrogen (secondary N) is 1. The van der Waals surface area contributed by atoms with E-state index in [1.54, 1.807) is 6.92 Å². The molecule has 2 aromatic carbocycles. The van der Waals surface area contributed by atoms with E-state index < -0.39 is 6.10 Å². The number of benzene rings is 2. The van der Waals surface area contributed by atoms with Crippen LogP contribution in [0.3, 0.4) is 0 Å². The first-order chi connectivity index (χ1) is 12.4. The van der Waals surface area contributed by atoms with Crippen LogP contribution in [0.2, 0.25) is 0 Å². The lowest BCUT2D eigenvalue weighted by Gasteiger charge is -2.14. The minimum Gasteiger partial charge on any atom is -0.481 e. The van der Waals surface area contributed by atoms with Gasteiger partial charge in [0.2, 0.25) is 0 Å². The van der Waals surface area contributed by atoms with Crippen LogP contribution >= 0.6 is 0 Å². The number of aromatic nitrogens is 2. The Bertz CT molecular complexity index is 934.